The van der Waals surface area contributed by atoms with Gasteiger partial charge in [0.15, 0.2) is 0 Å². The van der Waals surface area contributed by atoms with Crippen LogP contribution in [0.15, 0.2) is 24.0 Å². The van der Waals surface area contributed by atoms with E-state index in [1.807, 2.05) is 0 Å². The third kappa shape index (κ3) is 1.44. The maximum absolute atomic E-state index is 10.4. The monoisotopic (exact) mass is 220 g/mol. The molecular weight excluding hydrogens is 196 g/mol. The molecule has 0 aromatic carbocycles. The summed E-state index contributed by atoms with van der Waals surface area (Å²) in [6.07, 6.45) is 7.87. The van der Waals surface area contributed by atoms with Crippen molar-refractivity contribution < 1.29 is 5.11 Å². The van der Waals surface area contributed by atoms with Crippen molar-refractivity contribution in [3.63, 3.8) is 0 Å². The molecule has 1 N–H and O–H groups in total. The van der Waals surface area contributed by atoms with Crippen molar-refractivity contribution in [2.24, 2.45) is 16.7 Å². The second kappa shape index (κ2) is 3.65. The first kappa shape index (κ1) is 11.8. The van der Waals surface area contributed by atoms with Crippen LogP contribution in [-0.4, -0.2) is 5.11 Å². The topological polar surface area (TPSA) is 20.2 Å². The molecule has 0 aliphatic heterocycles. The van der Waals surface area contributed by atoms with Gasteiger partial charge in [0.2, 0.25) is 0 Å². The lowest BCUT2D eigenvalue weighted by Gasteiger charge is -2.47. The summed E-state index contributed by atoms with van der Waals surface area (Å²) in [6.45, 7) is 10.9. The summed E-state index contributed by atoms with van der Waals surface area (Å²) in [5.74, 6) is 1.13. The van der Waals surface area contributed by atoms with Crippen LogP contribution in [0.2, 0.25) is 0 Å². The molecule has 0 aromatic heterocycles. The molecule has 0 spiro atoms. The van der Waals surface area contributed by atoms with E-state index in [4.69, 9.17) is 0 Å². The zero-order chi connectivity index (χ0) is 12.0. The van der Waals surface area contributed by atoms with Gasteiger partial charge in [0.1, 0.15) is 0 Å². The molecule has 0 saturated heterocycles. The largest absolute Gasteiger partial charge is 0.512 e. The van der Waals surface area contributed by atoms with Crippen LogP contribution in [0, 0.1) is 16.7 Å². The molecule has 3 atom stereocenters. The van der Waals surface area contributed by atoms with E-state index in [1.54, 1.807) is 0 Å². The summed E-state index contributed by atoms with van der Waals surface area (Å²) in [4.78, 5) is 0. The SMILES string of the molecule is C=C1CCC[C@]1(C)[C@@]1(C)CCC(C)C=C1O. The minimum Gasteiger partial charge on any atom is -0.512 e. The standard InChI is InChI=1S/C15H24O/c1-11-7-9-15(4,13(16)10-11)14(3)8-5-6-12(14)2/h10-11,16H,2,5-9H2,1,3-4H3/t11?,14-,15-/m0/s1. The number of aliphatic hydroxyl groups is 1. The highest BCUT2D eigenvalue weighted by Crippen LogP contribution is 2.60. The number of hydrogen-bond acceptors (Lipinski definition) is 1. The van der Waals surface area contributed by atoms with Gasteiger partial charge >= 0.3 is 0 Å². The minimum atomic E-state index is -0.0763. The van der Waals surface area contributed by atoms with Crippen LogP contribution < -0.4 is 0 Å². The molecule has 1 fully saturated rings. The smallest absolute Gasteiger partial charge is 0.0953 e. The van der Waals surface area contributed by atoms with Crippen molar-refractivity contribution in [1.29, 1.82) is 0 Å². The lowest BCUT2D eigenvalue weighted by molar-refractivity contribution is 0.0704. The molecule has 0 aromatic rings. The summed E-state index contributed by atoms with van der Waals surface area (Å²) in [5.41, 5.74) is 1.37. The Bertz CT molecular complexity index is 341. The van der Waals surface area contributed by atoms with E-state index in [9.17, 15) is 5.11 Å². The predicted molar refractivity (Wildman–Crippen MR) is 68.3 cm³/mol. The molecule has 0 amide bonds. The first-order valence-corrected chi connectivity index (χ1v) is 6.50. The summed E-state index contributed by atoms with van der Waals surface area (Å²) in [6, 6.07) is 0. The first-order chi connectivity index (χ1) is 7.40. The van der Waals surface area contributed by atoms with Gasteiger partial charge < -0.3 is 5.11 Å². The zero-order valence-electron chi connectivity index (χ0n) is 10.8. The molecule has 1 saturated carbocycles. The van der Waals surface area contributed by atoms with Crippen LogP contribution in [0.1, 0.15) is 52.9 Å². The van der Waals surface area contributed by atoms with Crippen molar-refractivity contribution >= 4 is 0 Å². The van der Waals surface area contributed by atoms with Crippen molar-refractivity contribution in [2.45, 2.75) is 52.9 Å². The van der Waals surface area contributed by atoms with Crippen LogP contribution in [0.4, 0.5) is 0 Å². The Hall–Kier alpha value is -0.720. The van der Waals surface area contributed by atoms with Gasteiger partial charge in [0.25, 0.3) is 0 Å². The number of aliphatic hydroxyl groups excluding tert-OH is 1. The second-order valence-corrected chi connectivity index (χ2v) is 6.19. The molecule has 1 heteroatoms. The average Bonchev–Trinajstić information content (AvgIpc) is 2.55. The van der Waals surface area contributed by atoms with Gasteiger partial charge in [0, 0.05) is 10.8 Å². The predicted octanol–water partition coefficient (Wildman–Crippen LogP) is 4.61. The van der Waals surface area contributed by atoms with Crippen LogP contribution in [0.3, 0.4) is 0 Å². The maximum atomic E-state index is 10.4. The summed E-state index contributed by atoms with van der Waals surface area (Å²) in [7, 11) is 0. The number of allylic oxidation sites excluding steroid dienone is 3. The molecule has 1 nitrogen and oxygen atoms in total. The fourth-order valence-electron chi connectivity index (χ4n) is 3.51. The molecule has 0 radical (unpaired) electrons. The van der Waals surface area contributed by atoms with Gasteiger partial charge in [-0.25, -0.2) is 0 Å². The van der Waals surface area contributed by atoms with Gasteiger partial charge in [-0.2, -0.15) is 0 Å². The molecule has 16 heavy (non-hydrogen) atoms. The van der Waals surface area contributed by atoms with Gasteiger partial charge in [-0.05, 0) is 44.1 Å². The molecule has 1 unspecified atom stereocenters. The molecule has 0 heterocycles. The van der Waals surface area contributed by atoms with Crippen LogP contribution in [0.5, 0.6) is 0 Å². The van der Waals surface area contributed by atoms with E-state index in [0.717, 1.165) is 12.8 Å². The zero-order valence-corrected chi connectivity index (χ0v) is 10.8. The van der Waals surface area contributed by atoms with Gasteiger partial charge in [-0.1, -0.05) is 32.9 Å². The summed E-state index contributed by atoms with van der Waals surface area (Å²) < 4.78 is 0. The Labute approximate surface area is 99.3 Å². The van der Waals surface area contributed by atoms with Crippen molar-refractivity contribution in [3.05, 3.63) is 24.0 Å². The third-order valence-corrected chi connectivity index (χ3v) is 5.26. The molecule has 90 valence electrons. The van der Waals surface area contributed by atoms with Crippen LogP contribution in [0.25, 0.3) is 0 Å². The number of hydrogen-bond donors (Lipinski definition) is 1. The normalized spacial score (nSPS) is 44.6. The molecule has 0 bridgehead atoms. The molecular formula is C15H24O. The Kier molecular flexibility index (Phi) is 2.68. The highest BCUT2D eigenvalue weighted by molar-refractivity contribution is 5.27. The van der Waals surface area contributed by atoms with E-state index in [1.165, 1.54) is 24.8 Å². The maximum Gasteiger partial charge on any atom is 0.0953 e. The lowest BCUT2D eigenvalue weighted by atomic mass is 9.57. The van der Waals surface area contributed by atoms with Crippen molar-refractivity contribution in [2.75, 3.05) is 0 Å². The van der Waals surface area contributed by atoms with E-state index in [0.29, 0.717) is 11.7 Å². The van der Waals surface area contributed by atoms with Crippen LogP contribution >= 0.6 is 0 Å². The molecule has 2 aliphatic carbocycles. The fraction of sp³-hybridized carbons (Fsp3) is 0.733. The molecule has 2 aliphatic rings. The van der Waals surface area contributed by atoms with Gasteiger partial charge in [-0.15, -0.1) is 0 Å². The van der Waals surface area contributed by atoms with E-state index in [2.05, 4.69) is 33.4 Å². The highest BCUT2D eigenvalue weighted by Gasteiger charge is 2.51. The Balaban J connectivity index is 2.39. The summed E-state index contributed by atoms with van der Waals surface area (Å²) >= 11 is 0. The Morgan fingerprint density at radius 3 is 2.50 bits per heavy atom. The first-order valence-electron chi connectivity index (χ1n) is 6.50. The van der Waals surface area contributed by atoms with E-state index in [-0.39, 0.29) is 10.8 Å². The van der Waals surface area contributed by atoms with Crippen molar-refractivity contribution in [1.82, 2.24) is 0 Å². The minimum absolute atomic E-state index is 0.0763. The third-order valence-electron chi connectivity index (χ3n) is 5.26. The van der Waals surface area contributed by atoms with E-state index >= 15 is 0 Å². The molecule has 2 rings (SSSR count). The van der Waals surface area contributed by atoms with Gasteiger partial charge in [0.05, 0.1) is 5.76 Å². The quantitative estimate of drug-likeness (QED) is 0.640. The van der Waals surface area contributed by atoms with Crippen LogP contribution in [-0.2, 0) is 0 Å². The van der Waals surface area contributed by atoms with Gasteiger partial charge in [-0.3, -0.25) is 0 Å². The second-order valence-electron chi connectivity index (χ2n) is 6.19. The Morgan fingerprint density at radius 2 is 2.00 bits per heavy atom. The average molecular weight is 220 g/mol. The van der Waals surface area contributed by atoms with E-state index < -0.39 is 0 Å². The fourth-order valence-corrected chi connectivity index (χ4v) is 3.51. The van der Waals surface area contributed by atoms with Crippen molar-refractivity contribution in [3.8, 4) is 0 Å². The summed E-state index contributed by atoms with van der Waals surface area (Å²) in [5, 5.41) is 10.4. The Morgan fingerprint density at radius 1 is 1.31 bits per heavy atom. The number of rotatable bonds is 1. The highest BCUT2D eigenvalue weighted by atomic mass is 16.3. The lowest BCUT2D eigenvalue weighted by Crippen LogP contribution is -2.40.